The van der Waals surface area contributed by atoms with Crippen molar-refractivity contribution in [2.75, 3.05) is 0 Å². The molecule has 0 N–H and O–H groups in total. The first-order chi connectivity index (χ1) is 12.1. The molecule has 8 nitrogen and oxygen atoms in total. The summed E-state index contributed by atoms with van der Waals surface area (Å²) in [7, 11) is 0. The molecule has 0 spiro atoms. The van der Waals surface area contributed by atoms with E-state index in [0.717, 1.165) is 5.56 Å². The fourth-order valence-electron chi connectivity index (χ4n) is 1.60. The average Bonchev–Trinajstić information content (AvgIpc) is 2.61. The largest absolute Gasteiger partial charge is 0.240 e. The zero-order chi connectivity index (χ0) is 18.5. The van der Waals surface area contributed by atoms with Gasteiger partial charge in [-0.1, -0.05) is 6.07 Å². The van der Waals surface area contributed by atoms with Gasteiger partial charge in [0.2, 0.25) is 24.3 Å². The van der Waals surface area contributed by atoms with E-state index in [1.807, 2.05) is 0 Å². The summed E-state index contributed by atoms with van der Waals surface area (Å²) in [4.78, 5) is 53.1. The van der Waals surface area contributed by atoms with Crippen molar-refractivity contribution in [1.82, 2.24) is 0 Å². The van der Waals surface area contributed by atoms with Gasteiger partial charge in [-0.15, -0.1) is 0 Å². The SMILES string of the molecule is Cc1ccc(N=C=O)cc1N=C=O.O=C=Nc1ccc(N=C=O)cc1. The summed E-state index contributed by atoms with van der Waals surface area (Å²) in [5.74, 6) is 0. The van der Waals surface area contributed by atoms with Gasteiger partial charge in [0, 0.05) is 0 Å². The Labute approximate surface area is 142 Å². The Morgan fingerprint density at radius 1 is 0.600 bits per heavy atom. The summed E-state index contributed by atoms with van der Waals surface area (Å²) in [5, 5.41) is 0. The highest BCUT2D eigenvalue weighted by molar-refractivity contribution is 5.61. The molecule has 0 amide bonds. The molecule has 122 valence electrons. The van der Waals surface area contributed by atoms with Crippen LogP contribution in [0.1, 0.15) is 5.56 Å². The van der Waals surface area contributed by atoms with E-state index in [9.17, 15) is 19.2 Å². The fraction of sp³-hybridized carbons (Fsp3) is 0.0588. The van der Waals surface area contributed by atoms with Crippen molar-refractivity contribution in [3.63, 3.8) is 0 Å². The minimum atomic E-state index is 0.426. The molecule has 2 aromatic carbocycles. The summed E-state index contributed by atoms with van der Waals surface area (Å²) in [6.07, 6.45) is 5.64. The minimum Gasteiger partial charge on any atom is -0.211 e. The molecule has 0 aliphatic carbocycles. The van der Waals surface area contributed by atoms with Gasteiger partial charge in [0.25, 0.3) is 0 Å². The molecule has 0 heterocycles. The van der Waals surface area contributed by atoms with Crippen molar-refractivity contribution in [1.29, 1.82) is 0 Å². The molecule has 0 aliphatic heterocycles. The second kappa shape index (κ2) is 10.6. The van der Waals surface area contributed by atoms with Crippen molar-refractivity contribution in [3.8, 4) is 0 Å². The lowest BCUT2D eigenvalue weighted by Gasteiger charge is -1.97. The first kappa shape index (κ1) is 19.0. The molecule has 0 saturated heterocycles. The molecule has 0 aromatic heterocycles. The third-order valence-corrected chi connectivity index (χ3v) is 2.73. The van der Waals surface area contributed by atoms with Crippen LogP contribution >= 0.6 is 0 Å². The molecule has 2 rings (SSSR count). The van der Waals surface area contributed by atoms with Gasteiger partial charge >= 0.3 is 0 Å². The topological polar surface area (TPSA) is 118 Å². The molecular formula is C17H10N4O4. The van der Waals surface area contributed by atoms with E-state index < -0.39 is 0 Å². The molecule has 0 fully saturated rings. The molecule has 25 heavy (non-hydrogen) atoms. The van der Waals surface area contributed by atoms with Gasteiger partial charge < -0.3 is 0 Å². The van der Waals surface area contributed by atoms with Crippen LogP contribution in [0.15, 0.2) is 62.4 Å². The van der Waals surface area contributed by atoms with E-state index in [2.05, 4.69) is 20.0 Å². The van der Waals surface area contributed by atoms with Crippen molar-refractivity contribution < 1.29 is 19.2 Å². The molecule has 0 unspecified atom stereocenters. The Hall–Kier alpha value is -4.04. The van der Waals surface area contributed by atoms with Crippen LogP contribution in [0.25, 0.3) is 0 Å². The zero-order valence-corrected chi connectivity index (χ0v) is 13.0. The normalized spacial score (nSPS) is 8.20. The maximum absolute atomic E-state index is 10.00. The standard InChI is InChI=1S/C9H6N2O2.C8H4N2O2/c1-7-2-3-8(10-5-12)4-9(7)11-6-13;11-5-9-7-1-2-8(4-3-7)10-6-12/h2-4H,1H3;1-4H. The summed E-state index contributed by atoms with van der Waals surface area (Å²) in [6, 6.07) is 11.1. The minimum absolute atomic E-state index is 0.426. The Morgan fingerprint density at radius 2 is 1.00 bits per heavy atom. The predicted octanol–water partition coefficient (Wildman–Crippen LogP) is 3.55. The van der Waals surface area contributed by atoms with Crippen LogP contribution in [0.4, 0.5) is 22.7 Å². The fourth-order valence-corrected chi connectivity index (χ4v) is 1.60. The highest BCUT2D eigenvalue weighted by atomic mass is 16.1. The van der Waals surface area contributed by atoms with Gasteiger partial charge in [0.1, 0.15) is 0 Å². The molecule has 8 heteroatoms. The van der Waals surface area contributed by atoms with Crippen molar-refractivity contribution >= 4 is 47.1 Å². The molecule has 0 saturated carbocycles. The van der Waals surface area contributed by atoms with Gasteiger partial charge in [0.05, 0.1) is 22.7 Å². The van der Waals surface area contributed by atoms with Crippen LogP contribution in [0.5, 0.6) is 0 Å². The second-order valence-electron chi connectivity index (χ2n) is 4.30. The summed E-state index contributed by atoms with van der Waals surface area (Å²) < 4.78 is 0. The number of aliphatic imine (C=N–C) groups is 4. The number of hydrogen-bond acceptors (Lipinski definition) is 8. The highest BCUT2D eigenvalue weighted by Crippen LogP contribution is 2.23. The monoisotopic (exact) mass is 334 g/mol. The van der Waals surface area contributed by atoms with E-state index in [-0.39, 0.29) is 0 Å². The lowest BCUT2D eigenvalue weighted by molar-refractivity contribution is 0.564. The molecular weight excluding hydrogens is 324 g/mol. The number of nitrogens with zero attached hydrogens (tertiary/aromatic N) is 4. The van der Waals surface area contributed by atoms with Crippen LogP contribution in [0, 0.1) is 6.92 Å². The Morgan fingerprint density at radius 3 is 1.44 bits per heavy atom. The quantitative estimate of drug-likeness (QED) is 0.627. The summed E-state index contributed by atoms with van der Waals surface area (Å²) in [6.45, 7) is 1.80. The Bertz CT molecular complexity index is 891. The Balaban J connectivity index is 0.000000251. The number of aryl methyl sites for hydroxylation is 1. The average molecular weight is 334 g/mol. The summed E-state index contributed by atoms with van der Waals surface area (Å²) in [5.41, 5.74) is 2.68. The van der Waals surface area contributed by atoms with Crippen LogP contribution in [-0.2, 0) is 19.2 Å². The lowest BCUT2D eigenvalue weighted by atomic mass is 10.2. The number of benzene rings is 2. The van der Waals surface area contributed by atoms with Crippen molar-refractivity contribution in [3.05, 3.63) is 48.0 Å². The van der Waals surface area contributed by atoms with Gasteiger partial charge in [0.15, 0.2) is 0 Å². The van der Waals surface area contributed by atoms with E-state index >= 15 is 0 Å². The summed E-state index contributed by atoms with van der Waals surface area (Å²) >= 11 is 0. The van der Waals surface area contributed by atoms with Crippen LogP contribution in [-0.4, -0.2) is 24.3 Å². The second-order valence-corrected chi connectivity index (χ2v) is 4.30. The van der Waals surface area contributed by atoms with E-state index in [1.165, 1.54) is 30.4 Å². The van der Waals surface area contributed by atoms with E-state index in [1.54, 1.807) is 43.3 Å². The molecule has 0 atom stereocenters. The van der Waals surface area contributed by atoms with Crippen molar-refractivity contribution in [2.24, 2.45) is 20.0 Å². The van der Waals surface area contributed by atoms with Gasteiger partial charge in [-0.05, 0) is 48.9 Å². The third-order valence-electron chi connectivity index (χ3n) is 2.73. The van der Waals surface area contributed by atoms with E-state index in [0.29, 0.717) is 22.7 Å². The molecule has 0 aliphatic rings. The van der Waals surface area contributed by atoms with Crippen molar-refractivity contribution in [2.45, 2.75) is 6.92 Å². The zero-order valence-electron chi connectivity index (χ0n) is 13.0. The van der Waals surface area contributed by atoms with Gasteiger partial charge in [-0.3, -0.25) is 0 Å². The van der Waals surface area contributed by atoms with Crippen LogP contribution in [0.3, 0.4) is 0 Å². The molecule has 2 aromatic rings. The molecule has 0 radical (unpaired) electrons. The number of carbonyl (C=O) groups excluding carboxylic acids is 4. The first-order valence-corrected chi connectivity index (χ1v) is 6.66. The predicted molar refractivity (Wildman–Crippen MR) is 88.7 cm³/mol. The maximum atomic E-state index is 10.00. The number of isocyanates is 4. The number of hydrogen-bond donors (Lipinski definition) is 0. The molecule has 0 bridgehead atoms. The van der Waals surface area contributed by atoms with Gasteiger partial charge in [-0.25, -0.2) is 19.2 Å². The van der Waals surface area contributed by atoms with Crippen LogP contribution < -0.4 is 0 Å². The van der Waals surface area contributed by atoms with Gasteiger partial charge in [-0.2, -0.15) is 20.0 Å². The van der Waals surface area contributed by atoms with E-state index in [4.69, 9.17) is 0 Å². The van der Waals surface area contributed by atoms with Crippen LogP contribution in [0.2, 0.25) is 0 Å². The third kappa shape index (κ3) is 6.72. The lowest BCUT2D eigenvalue weighted by Crippen LogP contribution is -1.73. The smallest absolute Gasteiger partial charge is 0.211 e. The first-order valence-electron chi connectivity index (χ1n) is 6.66. The Kier molecular flexibility index (Phi) is 8.10. The maximum Gasteiger partial charge on any atom is 0.240 e. The number of rotatable bonds is 4. The highest BCUT2D eigenvalue weighted by Gasteiger charge is 1.97.